The molecule has 0 saturated heterocycles. The number of rotatable bonds is 10. The fourth-order valence-electron chi connectivity index (χ4n) is 6.11. The van der Waals surface area contributed by atoms with Gasteiger partial charge in [0, 0.05) is 22.9 Å². The van der Waals surface area contributed by atoms with Gasteiger partial charge >= 0.3 is 0 Å². The van der Waals surface area contributed by atoms with Gasteiger partial charge in [-0.1, -0.05) is 110 Å². The highest BCUT2D eigenvalue weighted by Crippen LogP contribution is 2.47. The van der Waals surface area contributed by atoms with Crippen molar-refractivity contribution in [3.63, 3.8) is 0 Å². The van der Waals surface area contributed by atoms with Crippen LogP contribution >= 0.6 is 0 Å². The average molecular weight is 636 g/mol. The van der Waals surface area contributed by atoms with Crippen molar-refractivity contribution in [1.82, 2.24) is 0 Å². The molecule has 0 saturated carbocycles. The van der Waals surface area contributed by atoms with Gasteiger partial charge in [0.15, 0.2) is 0 Å². The lowest BCUT2D eigenvalue weighted by atomic mass is 9.73. The van der Waals surface area contributed by atoms with Crippen molar-refractivity contribution >= 4 is 6.21 Å². The van der Waals surface area contributed by atoms with Crippen molar-refractivity contribution in [2.75, 3.05) is 14.2 Å². The van der Waals surface area contributed by atoms with Crippen molar-refractivity contribution in [1.29, 1.82) is 0 Å². The van der Waals surface area contributed by atoms with Gasteiger partial charge < -0.3 is 19.7 Å². The summed E-state index contributed by atoms with van der Waals surface area (Å²) < 4.78 is 12.0. The minimum absolute atomic E-state index is 0.133. The Morgan fingerprint density at radius 2 is 1.26 bits per heavy atom. The minimum atomic E-state index is -1.72. The lowest BCUT2D eigenvalue weighted by Crippen LogP contribution is -2.42. The summed E-state index contributed by atoms with van der Waals surface area (Å²) in [5, 5.41) is 25.1. The molecule has 0 radical (unpaired) electrons. The van der Waals surface area contributed by atoms with E-state index in [9.17, 15) is 10.2 Å². The third-order valence-corrected chi connectivity index (χ3v) is 9.18. The summed E-state index contributed by atoms with van der Waals surface area (Å²) in [5.74, 6) is 1.45. The fraction of sp³-hybridized carbons (Fsp3) is 0.405. The summed E-state index contributed by atoms with van der Waals surface area (Å²) in [6, 6.07) is 25.4. The highest BCUT2D eigenvalue weighted by atomic mass is 16.5. The van der Waals surface area contributed by atoms with Gasteiger partial charge in [-0.15, -0.1) is 0 Å². The zero-order chi connectivity index (χ0) is 34.7. The number of hydrogen-bond acceptors (Lipinski definition) is 5. The van der Waals surface area contributed by atoms with Crippen LogP contribution in [0.15, 0.2) is 83.9 Å². The molecule has 1 atom stereocenters. The SMILES string of the molecule is COc1ccc(C(C)(C)C)cc1C(O)(c1cc(C(C)(C)C)ccc1OC)C(Cc1ccccc1)N=Cc1c(C)ccc(C(C)C)c1O. The number of phenols is 1. The second-order valence-corrected chi connectivity index (χ2v) is 15.0. The maximum atomic E-state index is 13.7. The van der Waals surface area contributed by atoms with E-state index in [-0.39, 0.29) is 22.5 Å². The molecule has 0 bridgehead atoms. The molecule has 250 valence electrons. The summed E-state index contributed by atoms with van der Waals surface area (Å²) in [5.41, 5.74) is 4.61. The van der Waals surface area contributed by atoms with Crippen LogP contribution in [0.4, 0.5) is 0 Å². The number of aryl methyl sites for hydroxylation is 1. The van der Waals surface area contributed by atoms with Crippen LogP contribution in [0.2, 0.25) is 0 Å². The van der Waals surface area contributed by atoms with E-state index in [1.54, 1.807) is 20.4 Å². The molecule has 0 heterocycles. The number of aliphatic imine (C=N–C) groups is 1. The smallest absolute Gasteiger partial charge is 0.144 e. The first-order valence-electron chi connectivity index (χ1n) is 16.5. The van der Waals surface area contributed by atoms with Gasteiger partial charge in [0.1, 0.15) is 22.8 Å². The first-order valence-corrected chi connectivity index (χ1v) is 16.5. The third kappa shape index (κ3) is 7.57. The number of nitrogens with zero attached hydrogens (tertiary/aromatic N) is 1. The van der Waals surface area contributed by atoms with Gasteiger partial charge in [0.25, 0.3) is 0 Å². The maximum Gasteiger partial charge on any atom is 0.144 e. The molecule has 4 aromatic rings. The highest BCUT2D eigenvalue weighted by molar-refractivity contribution is 5.86. The van der Waals surface area contributed by atoms with Crippen LogP contribution in [-0.4, -0.2) is 36.7 Å². The van der Waals surface area contributed by atoms with Crippen LogP contribution in [0, 0.1) is 6.92 Å². The molecule has 0 aromatic heterocycles. The molecule has 0 aliphatic heterocycles. The molecule has 0 aliphatic rings. The maximum absolute atomic E-state index is 13.7. The predicted molar refractivity (Wildman–Crippen MR) is 195 cm³/mol. The second kappa shape index (κ2) is 13.9. The van der Waals surface area contributed by atoms with E-state index in [1.807, 2.05) is 49.4 Å². The van der Waals surface area contributed by atoms with Crippen LogP contribution in [0.5, 0.6) is 17.2 Å². The number of aromatic hydroxyl groups is 1. The highest BCUT2D eigenvalue weighted by Gasteiger charge is 2.45. The molecule has 1 unspecified atom stereocenters. The molecule has 4 aromatic carbocycles. The fourth-order valence-corrected chi connectivity index (χ4v) is 6.11. The first-order chi connectivity index (χ1) is 22.0. The molecule has 5 heteroatoms. The molecule has 47 heavy (non-hydrogen) atoms. The monoisotopic (exact) mass is 635 g/mol. The first kappa shape index (κ1) is 35.8. The Hall–Kier alpha value is -4.09. The summed E-state index contributed by atoms with van der Waals surface area (Å²) in [4.78, 5) is 5.22. The summed E-state index contributed by atoms with van der Waals surface area (Å²) in [7, 11) is 3.26. The number of methoxy groups -OCH3 is 2. The van der Waals surface area contributed by atoms with Gasteiger partial charge in [-0.05, 0) is 82.2 Å². The van der Waals surface area contributed by atoms with E-state index in [2.05, 4.69) is 91.8 Å². The van der Waals surface area contributed by atoms with Crippen LogP contribution < -0.4 is 9.47 Å². The van der Waals surface area contributed by atoms with Crippen LogP contribution in [0.3, 0.4) is 0 Å². The molecule has 0 fully saturated rings. The van der Waals surface area contributed by atoms with E-state index >= 15 is 0 Å². The van der Waals surface area contributed by atoms with Crippen LogP contribution in [0.25, 0.3) is 0 Å². The number of aliphatic hydroxyl groups is 1. The standard InChI is InChI=1S/C42H53NO4/c1-27(2)32-20-17-28(3)33(39(32)44)26-43-38(23-29-15-13-12-14-16-29)42(45,34-24-30(40(4,5)6)18-21-36(34)46-10)35-25-31(41(7,8)9)19-22-37(35)47-11/h12-22,24-27,38,44-45H,23H2,1-11H3. The zero-order valence-corrected chi connectivity index (χ0v) is 30.1. The zero-order valence-electron chi connectivity index (χ0n) is 30.1. The Morgan fingerprint density at radius 3 is 1.70 bits per heavy atom. The Balaban J connectivity index is 2.14. The normalized spacial score (nSPS) is 13.3. The van der Waals surface area contributed by atoms with Crippen LogP contribution in [-0.2, 0) is 22.9 Å². The van der Waals surface area contributed by atoms with Crippen molar-refractivity contribution < 1.29 is 19.7 Å². The summed E-state index contributed by atoms with van der Waals surface area (Å²) in [6.07, 6.45) is 2.14. The van der Waals surface area contributed by atoms with Gasteiger partial charge in [0.05, 0.1) is 20.3 Å². The Bertz CT molecular complexity index is 1640. The van der Waals surface area contributed by atoms with Crippen molar-refractivity contribution in [3.8, 4) is 17.2 Å². The van der Waals surface area contributed by atoms with Crippen LogP contribution in [0.1, 0.15) is 106 Å². The average Bonchev–Trinajstić information content (AvgIpc) is 3.02. The molecule has 0 aliphatic carbocycles. The number of ether oxygens (including phenoxy) is 2. The van der Waals surface area contributed by atoms with Crippen molar-refractivity contribution in [3.05, 3.63) is 123 Å². The molecular weight excluding hydrogens is 582 g/mol. The van der Waals surface area contributed by atoms with E-state index in [0.29, 0.717) is 34.6 Å². The van der Waals surface area contributed by atoms with E-state index in [4.69, 9.17) is 14.5 Å². The topological polar surface area (TPSA) is 71.3 Å². The molecule has 0 amide bonds. The number of phenolic OH excluding ortho intramolecular Hbond substituents is 1. The molecular formula is C42H53NO4. The second-order valence-electron chi connectivity index (χ2n) is 15.0. The lowest BCUT2D eigenvalue weighted by Gasteiger charge is -2.38. The van der Waals surface area contributed by atoms with E-state index in [0.717, 1.165) is 27.8 Å². The Kier molecular flexibility index (Phi) is 10.6. The van der Waals surface area contributed by atoms with Gasteiger partial charge in [-0.2, -0.15) is 0 Å². The molecule has 2 N–H and O–H groups in total. The van der Waals surface area contributed by atoms with Gasteiger partial charge in [-0.25, -0.2) is 0 Å². The van der Waals surface area contributed by atoms with E-state index < -0.39 is 11.6 Å². The largest absolute Gasteiger partial charge is 0.507 e. The van der Waals surface area contributed by atoms with E-state index in [1.165, 1.54) is 0 Å². The lowest BCUT2D eigenvalue weighted by molar-refractivity contribution is 0.0475. The minimum Gasteiger partial charge on any atom is -0.507 e. The number of hydrogen-bond donors (Lipinski definition) is 2. The summed E-state index contributed by atoms with van der Waals surface area (Å²) >= 11 is 0. The van der Waals surface area contributed by atoms with Crippen molar-refractivity contribution in [2.45, 2.75) is 97.1 Å². The molecule has 4 rings (SSSR count). The quantitative estimate of drug-likeness (QED) is 0.170. The summed E-state index contributed by atoms with van der Waals surface area (Å²) in [6.45, 7) is 19.0. The van der Waals surface area contributed by atoms with Gasteiger partial charge in [-0.3, -0.25) is 4.99 Å². The Morgan fingerprint density at radius 1 is 0.745 bits per heavy atom. The van der Waals surface area contributed by atoms with Gasteiger partial charge in [0.2, 0.25) is 0 Å². The molecule has 0 spiro atoms. The predicted octanol–water partition coefficient (Wildman–Crippen LogP) is 9.40. The number of benzene rings is 4. The third-order valence-electron chi connectivity index (χ3n) is 9.18. The Labute approximate surface area is 282 Å². The van der Waals surface area contributed by atoms with Crippen molar-refractivity contribution in [2.24, 2.45) is 4.99 Å². The molecule has 5 nitrogen and oxygen atoms in total.